The summed E-state index contributed by atoms with van der Waals surface area (Å²) in [6, 6.07) is 15.5. The minimum absolute atomic E-state index is 0.00476. The van der Waals surface area contributed by atoms with Gasteiger partial charge in [0.15, 0.2) is 23.4 Å². The Kier molecular flexibility index (Phi) is 11.4. The fourth-order valence-corrected chi connectivity index (χ4v) is 5.66. The summed E-state index contributed by atoms with van der Waals surface area (Å²) in [5.74, 6) is -0.201. The Labute approximate surface area is 282 Å². The van der Waals surface area contributed by atoms with E-state index in [0.717, 1.165) is 30.4 Å². The number of fused-ring (bicyclic) bond motifs is 1. The van der Waals surface area contributed by atoms with Crippen LogP contribution in [0.3, 0.4) is 0 Å². The molecular weight excluding hydrogens is 636 g/mol. The summed E-state index contributed by atoms with van der Waals surface area (Å²) in [5, 5.41) is 7.20. The molecule has 13 heteroatoms. The van der Waals surface area contributed by atoms with Crippen molar-refractivity contribution in [1.82, 2.24) is 24.8 Å². The molecule has 0 aliphatic carbocycles. The quantitative estimate of drug-likeness (QED) is 0.0682. The normalized spacial score (nSPS) is 12.0. The molecule has 0 saturated carbocycles. The molecule has 3 aromatic heterocycles. The van der Waals surface area contributed by atoms with Crippen molar-refractivity contribution in [2.24, 2.45) is 22.4 Å². The van der Waals surface area contributed by atoms with Gasteiger partial charge >= 0.3 is 5.69 Å². The Morgan fingerprint density at radius 1 is 1.08 bits per heavy atom. The van der Waals surface area contributed by atoms with Crippen molar-refractivity contribution in [3.8, 4) is 16.9 Å². The number of hydrogen-bond acceptors (Lipinski definition) is 6. The number of aromatic nitrogens is 4. The average molecular weight is 676 g/mol. The molecular formula is C35H40ClF2N9O. The predicted octanol–water partition coefficient (Wildman–Crippen LogP) is 5.92. The summed E-state index contributed by atoms with van der Waals surface area (Å²) >= 11 is 6.28. The van der Waals surface area contributed by atoms with Crippen molar-refractivity contribution >= 4 is 34.4 Å². The second kappa shape index (κ2) is 15.9. The number of guanidine groups is 1. The van der Waals surface area contributed by atoms with Gasteiger partial charge in [-0.2, -0.15) is 4.98 Å². The van der Waals surface area contributed by atoms with E-state index in [9.17, 15) is 9.18 Å². The molecule has 10 nitrogen and oxygen atoms in total. The molecule has 0 aliphatic heterocycles. The average Bonchev–Trinajstić information content (AvgIpc) is 3.46. The summed E-state index contributed by atoms with van der Waals surface area (Å²) in [7, 11) is 0. The Bertz CT molecular complexity index is 1940. The lowest BCUT2D eigenvalue weighted by Crippen LogP contribution is -2.36. The zero-order valence-corrected chi connectivity index (χ0v) is 27.7. The number of anilines is 1. The molecule has 2 aromatic carbocycles. The van der Waals surface area contributed by atoms with Crippen LogP contribution in [-0.2, 0) is 13.0 Å². The molecule has 0 saturated heterocycles. The van der Waals surface area contributed by atoms with Crippen molar-refractivity contribution in [2.45, 2.75) is 52.1 Å². The molecule has 1 atom stereocenters. The van der Waals surface area contributed by atoms with E-state index >= 15 is 4.39 Å². The Morgan fingerprint density at radius 2 is 1.88 bits per heavy atom. The molecule has 0 unspecified atom stereocenters. The van der Waals surface area contributed by atoms with E-state index in [1.807, 2.05) is 30.3 Å². The number of nitrogens with one attached hydrogen (secondary N) is 3. The number of nitrogens with zero attached hydrogens (tertiary/aromatic N) is 4. The van der Waals surface area contributed by atoms with Gasteiger partial charge in [0, 0.05) is 49.0 Å². The molecule has 5 aromatic rings. The molecule has 3 heterocycles. The van der Waals surface area contributed by atoms with Crippen LogP contribution < -0.4 is 27.8 Å². The number of pyridine rings is 1. The number of halogens is 3. The maximum absolute atomic E-state index is 15.2. The number of nitrogens with two attached hydrogens (primary N) is 2. The van der Waals surface area contributed by atoms with E-state index in [2.05, 4.69) is 44.4 Å². The first-order valence-electron chi connectivity index (χ1n) is 15.9. The number of aliphatic imine (C=N–C) groups is 1. The predicted molar refractivity (Wildman–Crippen MR) is 188 cm³/mol. The first-order valence-corrected chi connectivity index (χ1v) is 16.3. The van der Waals surface area contributed by atoms with Crippen LogP contribution in [0.1, 0.15) is 44.2 Å². The fourth-order valence-electron chi connectivity index (χ4n) is 5.42. The lowest BCUT2D eigenvalue weighted by atomic mass is 10.00. The third-order valence-corrected chi connectivity index (χ3v) is 8.26. The zero-order chi connectivity index (χ0) is 34.2. The van der Waals surface area contributed by atoms with Crippen LogP contribution in [0, 0.1) is 17.6 Å². The van der Waals surface area contributed by atoms with Gasteiger partial charge in [0.05, 0.1) is 16.4 Å². The topological polar surface area (TPSA) is 152 Å². The highest BCUT2D eigenvalue weighted by Gasteiger charge is 2.16. The third kappa shape index (κ3) is 8.96. The number of hydrogen-bond donors (Lipinski definition) is 5. The largest absolute Gasteiger partial charge is 0.370 e. The molecule has 7 N–H and O–H groups in total. The van der Waals surface area contributed by atoms with Crippen molar-refractivity contribution in [1.29, 1.82) is 0 Å². The Morgan fingerprint density at radius 3 is 2.60 bits per heavy atom. The molecule has 252 valence electrons. The summed E-state index contributed by atoms with van der Waals surface area (Å²) in [6.45, 7) is 5.64. The van der Waals surface area contributed by atoms with E-state index in [1.54, 1.807) is 18.3 Å². The monoisotopic (exact) mass is 675 g/mol. The Hall–Kier alpha value is -4.81. The van der Waals surface area contributed by atoms with Gasteiger partial charge in [-0.1, -0.05) is 44.0 Å². The summed E-state index contributed by atoms with van der Waals surface area (Å²) in [5.41, 5.74) is 14.2. The van der Waals surface area contributed by atoms with Gasteiger partial charge < -0.3 is 27.1 Å². The summed E-state index contributed by atoms with van der Waals surface area (Å²) < 4.78 is 30.7. The molecule has 5 rings (SSSR count). The van der Waals surface area contributed by atoms with Crippen LogP contribution in [0.2, 0.25) is 5.02 Å². The van der Waals surface area contributed by atoms with Crippen LogP contribution in [-0.4, -0.2) is 44.6 Å². The maximum atomic E-state index is 15.2. The van der Waals surface area contributed by atoms with Gasteiger partial charge in [-0.3, -0.25) is 9.56 Å². The molecule has 0 amide bonds. The van der Waals surface area contributed by atoms with E-state index in [4.69, 9.17) is 23.1 Å². The number of aryl methyl sites for hydroxylation is 1. The standard InChI is InChI=1S/C35H40ClF2N9O/c1-21(2)5-3-6-23-15-27(31(38)28(36)16-23)30-17-24-20-47(35(48)46-32(24)45-30)26-10-8-22(9-11-26)18-43-25(12-14-42-34(39)40)19-44-33-29(37)7-4-13-41-33/h4,7-11,13,15-17,20-21,25,43H,3,5-6,12,14,18-19H2,1-2H3,(H,41,44)(H4,39,40,42)(H,45,46,48)/t25-/m1/s1. The first kappa shape index (κ1) is 34.5. The van der Waals surface area contributed by atoms with Crippen molar-refractivity contribution in [3.05, 3.63) is 105 Å². The number of aromatic amines is 1. The molecule has 0 bridgehead atoms. The number of H-pyrrole nitrogens is 1. The molecule has 0 fully saturated rings. The smallest absolute Gasteiger partial charge is 0.354 e. The number of benzene rings is 2. The van der Waals surface area contributed by atoms with Gasteiger partial charge in [0.1, 0.15) is 5.65 Å². The lowest BCUT2D eigenvalue weighted by molar-refractivity contribution is 0.501. The Balaban J connectivity index is 1.30. The van der Waals surface area contributed by atoms with E-state index < -0.39 is 17.3 Å². The molecule has 48 heavy (non-hydrogen) atoms. The van der Waals surface area contributed by atoms with Crippen LogP contribution in [0.25, 0.3) is 28.0 Å². The van der Waals surface area contributed by atoms with Gasteiger partial charge in [0.25, 0.3) is 0 Å². The summed E-state index contributed by atoms with van der Waals surface area (Å²) in [4.78, 5) is 28.5. The van der Waals surface area contributed by atoms with Crippen LogP contribution in [0.4, 0.5) is 14.6 Å². The van der Waals surface area contributed by atoms with Crippen LogP contribution in [0.5, 0.6) is 0 Å². The minimum atomic E-state index is -0.520. The lowest BCUT2D eigenvalue weighted by Gasteiger charge is -2.19. The summed E-state index contributed by atoms with van der Waals surface area (Å²) in [6.07, 6.45) is 6.64. The van der Waals surface area contributed by atoms with Crippen LogP contribution >= 0.6 is 11.6 Å². The molecule has 0 spiro atoms. The maximum Gasteiger partial charge on any atom is 0.354 e. The van der Waals surface area contributed by atoms with E-state index in [0.29, 0.717) is 60.0 Å². The van der Waals surface area contributed by atoms with Crippen molar-refractivity contribution < 1.29 is 8.78 Å². The SMILES string of the molecule is CC(C)CCCc1cc(Cl)c(F)c(-c2cc3cn(-c4ccc(CN[C@H](CCN=C(N)N)CNc5ncccc5F)cc4)c(=O)nc3[nH]2)c1. The van der Waals surface area contributed by atoms with Gasteiger partial charge in [-0.05, 0) is 78.8 Å². The highest BCUT2D eigenvalue weighted by atomic mass is 35.5. The van der Waals surface area contributed by atoms with Gasteiger partial charge in [-0.15, -0.1) is 0 Å². The zero-order valence-electron chi connectivity index (χ0n) is 26.9. The fraction of sp³-hybridized carbons (Fsp3) is 0.314. The minimum Gasteiger partial charge on any atom is -0.370 e. The second-order valence-corrected chi connectivity index (χ2v) is 12.6. The highest BCUT2D eigenvalue weighted by molar-refractivity contribution is 6.31. The van der Waals surface area contributed by atoms with Crippen molar-refractivity contribution in [3.63, 3.8) is 0 Å². The van der Waals surface area contributed by atoms with E-state index in [1.165, 1.54) is 22.9 Å². The highest BCUT2D eigenvalue weighted by Crippen LogP contribution is 2.31. The van der Waals surface area contributed by atoms with Crippen molar-refractivity contribution in [2.75, 3.05) is 18.4 Å². The molecule has 0 aliphatic rings. The first-order chi connectivity index (χ1) is 23.1. The second-order valence-electron chi connectivity index (χ2n) is 12.2. The number of rotatable bonds is 15. The van der Waals surface area contributed by atoms with Gasteiger partial charge in [0.2, 0.25) is 0 Å². The van der Waals surface area contributed by atoms with E-state index in [-0.39, 0.29) is 22.8 Å². The van der Waals surface area contributed by atoms with Gasteiger partial charge in [-0.25, -0.2) is 18.6 Å². The molecule has 0 radical (unpaired) electrons. The third-order valence-electron chi connectivity index (χ3n) is 7.99. The van der Waals surface area contributed by atoms with Crippen LogP contribution in [0.15, 0.2) is 76.8 Å².